The van der Waals surface area contributed by atoms with E-state index < -0.39 is 0 Å². The van der Waals surface area contributed by atoms with Gasteiger partial charge in [0.2, 0.25) is 0 Å². The number of carbonyl (C=O) groups is 1. The molecule has 0 saturated carbocycles. The van der Waals surface area contributed by atoms with Crippen molar-refractivity contribution in [2.24, 2.45) is 0 Å². The smallest absolute Gasteiger partial charge is 0.267 e. The molecule has 4 rings (SSSR count). The highest BCUT2D eigenvalue weighted by molar-refractivity contribution is 7.17. The highest BCUT2D eigenvalue weighted by Crippen LogP contribution is 2.28. The molecule has 0 bridgehead atoms. The molecule has 2 aromatic heterocycles. The predicted octanol–water partition coefficient (Wildman–Crippen LogP) is 4.15. The molecule has 1 amide bonds. The van der Waals surface area contributed by atoms with E-state index in [2.05, 4.69) is 20.4 Å². The Hall–Kier alpha value is -3.39. The minimum Gasteiger partial charge on any atom is -0.321 e. The molecule has 0 aliphatic rings. The first-order valence-electron chi connectivity index (χ1n) is 8.54. The van der Waals surface area contributed by atoms with Crippen LogP contribution in [0.1, 0.15) is 20.9 Å². The molecule has 140 valence electrons. The van der Waals surface area contributed by atoms with Crippen molar-refractivity contribution < 1.29 is 9.18 Å². The van der Waals surface area contributed by atoms with Gasteiger partial charge in [0.05, 0.1) is 12.2 Å². The topological polar surface area (TPSA) is 72.7 Å². The fourth-order valence-electron chi connectivity index (χ4n) is 2.71. The Kier molecular flexibility index (Phi) is 4.94. The maximum atomic E-state index is 13.1. The first kappa shape index (κ1) is 18.0. The van der Waals surface area contributed by atoms with Crippen molar-refractivity contribution in [1.82, 2.24) is 19.7 Å². The van der Waals surface area contributed by atoms with Crippen LogP contribution >= 0.6 is 11.3 Å². The van der Waals surface area contributed by atoms with Crippen molar-refractivity contribution in [1.29, 1.82) is 0 Å². The van der Waals surface area contributed by atoms with E-state index in [1.807, 2.05) is 24.3 Å². The minimum atomic E-state index is -0.303. The molecule has 0 atom stereocenters. The number of aryl methyl sites for hydroxylation is 1. The third-order valence-corrected chi connectivity index (χ3v) is 5.32. The number of halogens is 1. The van der Waals surface area contributed by atoms with E-state index in [1.165, 1.54) is 29.8 Å². The van der Waals surface area contributed by atoms with Gasteiger partial charge in [-0.2, -0.15) is 5.10 Å². The van der Waals surface area contributed by atoms with Gasteiger partial charge in [-0.3, -0.25) is 4.79 Å². The molecule has 0 aliphatic carbocycles. The first-order chi connectivity index (χ1) is 13.6. The van der Waals surface area contributed by atoms with Gasteiger partial charge in [0.1, 0.15) is 28.4 Å². The predicted molar refractivity (Wildman–Crippen MR) is 106 cm³/mol. The standard InChI is InChI=1S/C20H16FN5OS/c1-13-18(28-20(24-13)15-4-6-16(21)7-5-15)19(27)25-17-8-2-14(3-9-17)10-26-12-22-11-23-26/h2-9,11-12H,10H2,1H3,(H,25,27). The molecule has 6 nitrogen and oxygen atoms in total. The normalized spacial score (nSPS) is 10.8. The van der Waals surface area contributed by atoms with E-state index in [0.29, 0.717) is 27.8 Å². The van der Waals surface area contributed by atoms with Crippen LogP contribution in [-0.4, -0.2) is 25.7 Å². The fourth-order valence-corrected chi connectivity index (χ4v) is 3.67. The lowest BCUT2D eigenvalue weighted by Gasteiger charge is -2.06. The Morgan fingerprint density at radius 2 is 1.89 bits per heavy atom. The van der Waals surface area contributed by atoms with Crippen LogP contribution in [0.15, 0.2) is 61.2 Å². The van der Waals surface area contributed by atoms with Crippen LogP contribution in [0.25, 0.3) is 10.6 Å². The third-order valence-electron chi connectivity index (χ3n) is 4.12. The van der Waals surface area contributed by atoms with Gasteiger partial charge in [-0.15, -0.1) is 11.3 Å². The Labute approximate surface area is 164 Å². The Bertz CT molecular complexity index is 1090. The van der Waals surface area contributed by atoms with Gasteiger partial charge in [-0.25, -0.2) is 19.0 Å². The lowest BCUT2D eigenvalue weighted by molar-refractivity contribution is 0.103. The number of thiazole rings is 1. The lowest BCUT2D eigenvalue weighted by atomic mass is 10.2. The van der Waals surface area contributed by atoms with E-state index in [-0.39, 0.29) is 11.7 Å². The van der Waals surface area contributed by atoms with Gasteiger partial charge in [0.25, 0.3) is 5.91 Å². The molecule has 1 N–H and O–H groups in total. The number of aromatic nitrogens is 4. The molecular formula is C20H16FN5OS. The number of anilines is 1. The van der Waals surface area contributed by atoms with Crippen molar-refractivity contribution in [2.75, 3.05) is 5.32 Å². The first-order valence-corrected chi connectivity index (χ1v) is 9.36. The number of hydrogen-bond acceptors (Lipinski definition) is 5. The van der Waals surface area contributed by atoms with Gasteiger partial charge in [-0.05, 0) is 48.9 Å². The quantitative estimate of drug-likeness (QED) is 0.553. The van der Waals surface area contributed by atoms with Crippen molar-refractivity contribution >= 4 is 22.9 Å². The largest absolute Gasteiger partial charge is 0.321 e. The molecule has 0 unspecified atom stereocenters. The number of benzene rings is 2. The van der Waals surface area contributed by atoms with Gasteiger partial charge >= 0.3 is 0 Å². The lowest BCUT2D eigenvalue weighted by Crippen LogP contribution is -2.11. The summed E-state index contributed by atoms with van der Waals surface area (Å²) >= 11 is 1.29. The molecule has 0 spiro atoms. The summed E-state index contributed by atoms with van der Waals surface area (Å²) in [6.07, 6.45) is 3.15. The molecule has 28 heavy (non-hydrogen) atoms. The number of nitrogens with one attached hydrogen (secondary N) is 1. The van der Waals surface area contributed by atoms with Crippen LogP contribution in [0.4, 0.5) is 10.1 Å². The average molecular weight is 393 g/mol. The van der Waals surface area contributed by atoms with Gasteiger partial charge in [0.15, 0.2) is 0 Å². The Morgan fingerprint density at radius 3 is 2.57 bits per heavy atom. The van der Waals surface area contributed by atoms with E-state index in [0.717, 1.165) is 11.1 Å². The number of amides is 1. The van der Waals surface area contributed by atoms with Gasteiger partial charge in [-0.1, -0.05) is 12.1 Å². The second-order valence-electron chi connectivity index (χ2n) is 6.18. The monoisotopic (exact) mass is 393 g/mol. The van der Waals surface area contributed by atoms with Crippen LogP contribution in [0.3, 0.4) is 0 Å². The molecule has 8 heteroatoms. The number of carbonyl (C=O) groups excluding carboxylic acids is 1. The molecule has 0 saturated heterocycles. The van der Waals surface area contributed by atoms with E-state index in [1.54, 1.807) is 30.1 Å². The van der Waals surface area contributed by atoms with Crippen LogP contribution in [-0.2, 0) is 6.54 Å². The number of rotatable bonds is 5. The zero-order valence-corrected chi connectivity index (χ0v) is 15.8. The van der Waals surface area contributed by atoms with Crippen LogP contribution in [0.2, 0.25) is 0 Å². The van der Waals surface area contributed by atoms with Gasteiger partial charge in [0, 0.05) is 11.3 Å². The van der Waals surface area contributed by atoms with Crippen LogP contribution in [0.5, 0.6) is 0 Å². The second kappa shape index (κ2) is 7.69. The molecule has 2 heterocycles. The molecule has 2 aromatic carbocycles. The van der Waals surface area contributed by atoms with Crippen molar-refractivity contribution in [3.63, 3.8) is 0 Å². The van der Waals surface area contributed by atoms with Crippen molar-refractivity contribution in [2.45, 2.75) is 13.5 Å². The third kappa shape index (κ3) is 3.96. The highest BCUT2D eigenvalue weighted by atomic mass is 32.1. The fraction of sp³-hybridized carbons (Fsp3) is 0.100. The summed E-state index contributed by atoms with van der Waals surface area (Å²) in [5.74, 6) is -0.519. The summed E-state index contributed by atoms with van der Waals surface area (Å²) in [5, 5.41) is 7.65. The minimum absolute atomic E-state index is 0.215. The van der Waals surface area contributed by atoms with Gasteiger partial charge < -0.3 is 5.32 Å². The summed E-state index contributed by atoms with van der Waals surface area (Å²) < 4.78 is 14.8. The molecule has 0 fully saturated rings. The summed E-state index contributed by atoms with van der Waals surface area (Å²) in [6.45, 7) is 2.41. The van der Waals surface area contributed by atoms with Crippen molar-refractivity contribution in [3.05, 3.63) is 83.1 Å². The van der Waals surface area contributed by atoms with E-state index in [4.69, 9.17) is 0 Å². The van der Waals surface area contributed by atoms with Crippen LogP contribution < -0.4 is 5.32 Å². The van der Waals surface area contributed by atoms with Crippen molar-refractivity contribution in [3.8, 4) is 10.6 Å². The maximum Gasteiger partial charge on any atom is 0.267 e. The Morgan fingerprint density at radius 1 is 1.14 bits per heavy atom. The molecular weight excluding hydrogens is 377 g/mol. The summed E-state index contributed by atoms with van der Waals surface area (Å²) in [6, 6.07) is 13.6. The molecule has 0 radical (unpaired) electrons. The highest BCUT2D eigenvalue weighted by Gasteiger charge is 2.16. The van der Waals surface area contributed by atoms with E-state index >= 15 is 0 Å². The number of hydrogen-bond donors (Lipinski definition) is 1. The SMILES string of the molecule is Cc1nc(-c2ccc(F)cc2)sc1C(=O)Nc1ccc(Cn2cncn2)cc1. The molecule has 0 aliphatic heterocycles. The second-order valence-corrected chi connectivity index (χ2v) is 7.18. The summed E-state index contributed by atoms with van der Waals surface area (Å²) in [5.41, 5.74) is 3.18. The number of nitrogens with zero attached hydrogens (tertiary/aromatic N) is 4. The van der Waals surface area contributed by atoms with Crippen LogP contribution in [0, 0.1) is 12.7 Å². The summed E-state index contributed by atoms with van der Waals surface area (Å²) in [7, 11) is 0. The molecule has 4 aromatic rings. The Balaban J connectivity index is 1.47. The summed E-state index contributed by atoms with van der Waals surface area (Å²) in [4.78, 5) is 21.6. The van der Waals surface area contributed by atoms with E-state index in [9.17, 15) is 9.18 Å². The average Bonchev–Trinajstić information content (AvgIpc) is 3.33. The zero-order chi connectivity index (χ0) is 19.5. The zero-order valence-electron chi connectivity index (χ0n) is 15.0. The maximum absolute atomic E-state index is 13.1.